The van der Waals surface area contributed by atoms with Crippen molar-refractivity contribution < 1.29 is 14.3 Å². The second kappa shape index (κ2) is 12.2. The summed E-state index contributed by atoms with van der Waals surface area (Å²) in [5.41, 5.74) is 3.01. The molecular weight excluding hydrogens is 394 g/mol. The van der Waals surface area contributed by atoms with Gasteiger partial charge in [-0.25, -0.2) is 4.98 Å². The van der Waals surface area contributed by atoms with Crippen molar-refractivity contribution >= 4 is 17.9 Å². The molecule has 31 heavy (non-hydrogen) atoms. The molecule has 0 saturated carbocycles. The second-order valence-corrected chi connectivity index (χ2v) is 7.72. The van der Waals surface area contributed by atoms with Crippen LogP contribution in [0.15, 0.2) is 30.5 Å². The predicted molar refractivity (Wildman–Crippen MR) is 121 cm³/mol. The number of carbonyl (C=O) groups excluding carboxylic acids is 1. The summed E-state index contributed by atoms with van der Waals surface area (Å²) in [6.45, 7) is 4.96. The minimum atomic E-state index is 0.263. The highest BCUT2D eigenvalue weighted by atomic mass is 16.5. The van der Waals surface area contributed by atoms with Gasteiger partial charge in [0.2, 0.25) is 6.41 Å². The van der Waals surface area contributed by atoms with Gasteiger partial charge in [-0.15, -0.1) is 0 Å². The SMILES string of the molecule is CNc1cnc(OCCCCOC)nc1N(C=O)Cc1ccc(CN2CCCC2)cc1. The number of methoxy groups -OCH3 is 1. The summed E-state index contributed by atoms with van der Waals surface area (Å²) < 4.78 is 10.7. The maximum atomic E-state index is 11.9. The third kappa shape index (κ3) is 6.90. The first-order valence-electron chi connectivity index (χ1n) is 10.9. The number of hydrogen-bond acceptors (Lipinski definition) is 7. The molecule has 1 aliphatic rings. The van der Waals surface area contributed by atoms with Gasteiger partial charge in [0, 0.05) is 27.3 Å². The van der Waals surface area contributed by atoms with Crippen LogP contribution in [0.1, 0.15) is 36.8 Å². The smallest absolute Gasteiger partial charge is 0.318 e. The van der Waals surface area contributed by atoms with Crippen molar-refractivity contribution in [3.8, 4) is 6.01 Å². The number of likely N-dealkylation sites (tertiary alicyclic amines) is 1. The number of carbonyl (C=O) groups is 1. The number of nitrogens with one attached hydrogen (secondary N) is 1. The Morgan fingerprint density at radius 1 is 1.13 bits per heavy atom. The number of hydrogen-bond donors (Lipinski definition) is 1. The molecule has 1 saturated heterocycles. The van der Waals surface area contributed by atoms with Gasteiger partial charge in [0.05, 0.1) is 25.0 Å². The van der Waals surface area contributed by atoms with E-state index in [1.807, 2.05) is 0 Å². The van der Waals surface area contributed by atoms with E-state index in [1.54, 1.807) is 25.3 Å². The largest absolute Gasteiger partial charge is 0.463 e. The molecule has 2 heterocycles. The minimum Gasteiger partial charge on any atom is -0.463 e. The van der Waals surface area contributed by atoms with Crippen LogP contribution in [0.5, 0.6) is 6.01 Å². The van der Waals surface area contributed by atoms with Crippen molar-refractivity contribution in [3.05, 3.63) is 41.6 Å². The zero-order valence-electron chi connectivity index (χ0n) is 18.5. The Hall–Kier alpha value is -2.71. The fraction of sp³-hybridized carbons (Fsp3) is 0.522. The molecule has 0 aliphatic carbocycles. The van der Waals surface area contributed by atoms with Crippen LogP contribution in [-0.2, 0) is 22.6 Å². The van der Waals surface area contributed by atoms with Gasteiger partial charge in [-0.05, 0) is 49.9 Å². The molecule has 8 heteroatoms. The van der Waals surface area contributed by atoms with Crippen LogP contribution in [0.3, 0.4) is 0 Å². The van der Waals surface area contributed by atoms with Gasteiger partial charge in [-0.2, -0.15) is 4.98 Å². The first-order chi connectivity index (χ1) is 15.2. The van der Waals surface area contributed by atoms with E-state index >= 15 is 0 Å². The maximum Gasteiger partial charge on any atom is 0.318 e. The molecule has 1 fully saturated rings. The van der Waals surface area contributed by atoms with Gasteiger partial charge >= 0.3 is 6.01 Å². The molecule has 0 atom stereocenters. The quantitative estimate of drug-likeness (QED) is 0.389. The standard InChI is InChI=1S/C23H33N5O3/c1-24-21-15-25-23(31-14-6-5-13-30-2)26-22(21)28(18-29)17-20-9-7-19(8-10-20)16-27-11-3-4-12-27/h7-10,15,18,24H,3-6,11-14,16-17H2,1-2H3. The summed E-state index contributed by atoms with van der Waals surface area (Å²) in [4.78, 5) is 24.7. The number of unbranched alkanes of at least 4 members (excludes halogenated alkanes) is 1. The molecule has 0 radical (unpaired) electrons. The van der Waals surface area contributed by atoms with E-state index in [2.05, 4.69) is 44.5 Å². The molecule has 1 aliphatic heterocycles. The Kier molecular flexibility index (Phi) is 9.05. The molecule has 8 nitrogen and oxygen atoms in total. The van der Waals surface area contributed by atoms with E-state index in [9.17, 15) is 4.79 Å². The second-order valence-electron chi connectivity index (χ2n) is 7.72. The van der Waals surface area contributed by atoms with Gasteiger partial charge in [0.1, 0.15) is 0 Å². The van der Waals surface area contributed by atoms with Crippen molar-refractivity contribution in [2.24, 2.45) is 0 Å². The van der Waals surface area contributed by atoms with Crippen LogP contribution < -0.4 is 15.0 Å². The van der Waals surface area contributed by atoms with Gasteiger partial charge in [0.15, 0.2) is 5.82 Å². The number of aromatic nitrogens is 2. The average molecular weight is 428 g/mol. The van der Waals surface area contributed by atoms with Gasteiger partial charge in [-0.3, -0.25) is 14.6 Å². The van der Waals surface area contributed by atoms with E-state index in [1.165, 1.54) is 31.5 Å². The lowest BCUT2D eigenvalue weighted by atomic mass is 10.1. The van der Waals surface area contributed by atoms with Gasteiger partial charge in [0.25, 0.3) is 0 Å². The van der Waals surface area contributed by atoms with E-state index < -0.39 is 0 Å². The summed E-state index contributed by atoms with van der Waals surface area (Å²) in [5.74, 6) is 0.500. The fourth-order valence-corrected chi connectivity index (χ4v) is 3.64. The highest BCUT2D eigenvalue weighted by Crippen LogP contribution is 2.25. The molecule has 2 aromatic rings. The third-order valence-electron chi connectivity index (χ3n) is 5.37. The van der Waals surface area contributed by atoms with Crippen LogP contribution in [0.4, 0.5) is 11.5 Å². The Balaban J connectivity index is 1.64. The number of nitrogens with zero attached hydrogens (tertiary/aromatic N) is 4. The number of amides is 1. The fourth-order valence-electron chi connectivity index (χ4n) is 3.64. The van der Waals surface area contributed by atoms with Crippen molar-refractivity contribution in [1.82, 2.24) is 14.9 Å². The van der Waals surface area contributed by atoms with Crippen LogP contribution in [0.2, 0.25) is 0 Å². The Morgan fingerprint density at radius 2 is 1.84 bits per heavy atom. The van der Waals surface area contributed by atoms with Crippen LogP contribution in [0, 0.1) is 0 Å². The molecule has 1 N–H and O–H groups in total. The van der Waals surface area contributed by atoms with Gasteiger partial charge < -0.3 is 14.8 Å². The molecule has 0 unspecified atom stereocenters. The molecule has 0 spiro atoms. The van der Waals surface area contributed by atoms with E-state index in [0.717, 1.165) is 31.4 Å². The van der Waals surface area contributed by atoms with Crippen molar-refractivity contribution in [2.75, 3.05) is 50.7 Å². The highest BCUT2D eigenvalue weighted by Gasteiger charge is 2.16. The lowest BCUT2D eigenvalue weighted by Crippen LogP contribution is -2.23. The minimum absolute atomic E-state index is 0.263. The maximum absolute atomic E-state index is 11.9. The van der Waals surface area contributed by atoms with Crippen LogP contribution >= 0.6 is 0 Å². The topological polar surface area (TPSA) is 79.8 Å². The van der Waals surface area contributed by atoms with E-state index in [-0.39, 0.29) is 6.01 Å². The zero-order valence-corrected chi connectivity index (χ0v) is 18.5. The van der Waals surface area contributed by atoms with Crippen LogP contribution in [-0.4, -0.2) is 61.7 Å². The predicted octanol–water partition coefficient (Wildman–Crippen LogP) is 3.08. The molecule has 1 amide bonds. The molecule has 1 aromatic heterocycles. The molecule has 168 valence electrons. The molecule has 3 rings (SSSR count). The van der Waals surface area contributed by atoms with Crippen LogP contribution in [0.25, 0.3) is 0 Å². The molecule has 1 aromatic carbocycles. The summed E-state index contributed by atoms with van der Waals surface area (Å²) in [6.07, 6.45) is 6.77. The zero-order chi connectivity index (χ0) is 21.9. The van der Waals surface area contributed by atoms with Crippen molar-refractivity contribution in [1.29, 1.82) is 0 Å². The number of anilines is 2. The summed E-state index contributed by atoms with van der Waals surface area (Å²) in [7, 11) is 3.46. The lowest BCUT2D eigenvalue weighted by Gasteiger charge is -2.20. The van der Waals surface area contributed by atoms with E-state index in [4.69, 9.17) is 9.47 Å². The number of rotatable bonds is 13. The average Bonchev–Trinajstić information content (AvgIpc) is 3.31. The van der Waals surface area contributed by atoms with Crippen molar-refractivity contribution in [3.63, 3.8) is 0 Å². The molecular formula is C23H33N5O3. The first-order valence-corrected chi connectivity index (χ1v) is 10.9. The van der Waals surface area contributed by atoms with Gasteiger partial charge in [-0.1, -0.05) is 24.3 Å². The van der Waals surface area contributed by atoms with Crippen molar-refractivity contribution in [2.45, 2.75) is 38.8 Å². The summed E-state index contributed by atoms with van der Waals surface area (Å²) in [6, 6.07) is 8.71. The summed E-state index contributed by atoms with van der Waals surface area (Å²) >= 11 is 0. The Labute approximate surface area is 184 Å². The monoisotopic (exact) mass is 427 g/mol. The first kappa shape index (κ1) is 23.0. The number of benzene rings is 1. The Morgan fingerprint density at radius 3 is 2.52 bits per heavy atom. The lowest BCUT2D eigenvalue weighted by molar-refractivity contribution is -0.107. The Bertz CT molecular complexity index is 809. The normalized spacial score (nSPS) is 13.9. The number of ether oxygens (including phenoxy) is 2. The summed E-state index contributed by atoms with van der Waals surface area (Å²) in [5, 5.41) is 3.05. The molecule has 0 bridgehead atoms. The van der Waals surface area contributed by atoms with E-state index in [0.29, 0.717) is 31.3 Å². The third-order valence-corrected chi connectivity index (χ3v) is 5.37. The highest BCUT2D eigenvalue weighted by molar-refractivity contribution is 5.80.